The number of thiazole rings is 1. The third-order valence-electron chi connectivity index (χ3n) is 1.73. The van der Waals surface area contributed by atoms with E-state index in [1.54, 1.807) is 10.9 Å². The minimum absolute atomic E-state index is 0.0996. The Bertz CT molecular complexity index is 284. The average Bonchev–Trinajstić information content (AvgIpc) is 2.52. The lowest BCUT2D eigenvalue weighted by molar-refractivity contribution is -0.0382. The maximum absolute atomic E-state index is 11.2. The van der Waals surface area contributed by atoms with Gasteiger partial charge in [0.1, 0.15) is 11.8 Å². The number of rotatable bonds is 3. The van der Waals surface area contributed by atoms with Gasteiger partial charge in [-0.2, -0.15) is 0 Å². The molecule has 1 fully saturated rings. The smallest absolute Gasteiger partial charge is 0.294 e. The van der Waals surface area contributed by atoms with Crippen LogP contribution in [0.15, 0.2) is 10.9 Å². The first-order valence-electron chi connectivity index (χ1n) is 3.91. The number of carbonyl (C=O) groups is 1. The number of carbonyl (C=O) groups excluding carboxylic acids is 1. The highest BCUT2D eigenvalue weighted by Crippen LogP contribution is 2.01. The molecule has 1 aliphatic heterocycles. The van der Waals surface area contributed by atoms with Crippen molar-refractivity contribution in [2.24, 2.45) is 0 Å². The van der Waals surface area contributed by atoms with Crippen LogP contribution in [0.1, 0.15) is 10.5 Å². The molecule has 5 nitrogen and oxygen atoms in total. The fraction of sp³-hybridized carbons (Fsp3) is 0.429. The van der Waals surface area contributed by atoms with Crippen LogP contribution in [0.4, 0.5) is 0 Å². The molecule has 0 radical (unpaired) electrons. The fourth-order valence-electron chi connectivity index (χ4n) is 0.859. The van der Waals surface area contributed by atoms with Crippen LogP contribution < -0.4 is 10.8 Å². The molecule has 0 unspecified atom stereocenters. The highest BCUT2D eigenvalue weighted by Gasteiger charge is 2.19. The summed E-state index contributed by atoms with van der Waals surface area (Å²) in [6.07, 6.45) is 0.0996. The van der Waals surface area contributed by atoms with Crippen LogP contribution in [0.5, 0.6) is 0 Å². The molecule has 1 saturated heterocycles. The van der Waals surface area contributed by atoms with E-state index in [9.17, 15) is 4.79 Å². The number of amides is 1. The van der Waals surface area contributed by atoms with Crippen LogP contribution in [0, 0.1) is 0 Å². The predicted octanol–water partition coefficient (Wildman–Crippen LogP) is -0.224. The average molecular weight is 199 g/mol. The first-order chi connectivity index (χ1) is 6.36. The standard InChI is InChI=1S/C7H9N3O2S/c11-7(6-3-13-4-9-6)10-12-5-1-8-2-5/h3-5,8H,1-2H2,(H,10,11). The first-order valence-corrected chi connectivity index (χ1v) is 4.85. The molecule has 13 heavy (non-hydrogen) atoms. The maximum atomic E-state index is 11.2. The van der Waals surface area contributed by atoms with Crippen LogP contribution in [0.2, 0.25) is 0 Å². The van der Waals surface area contributed by atoms with Crippen LogP contribution in [-0.4, -0.2) is 30.1 Å². The summed E-state index contributed by atoms with van der Waals surface area (Å²) in [5, 5.41) is 4.71. The fourth-order valence-corrected chi connectivity index (χ4v) is 1.39. The van der Waals surface area contributed by atoms with Crippen molar-refractivity contribution in [1.82, 2.24) is 15.8 Å². The van der Waals surface area contributed by atoms with Gasteiger partial charge in [0.15, 0.2) is 0 Å². The molecule has 0 spiro atoms. The minimum atomic E-state index is -0.284. The number of nitrogens with one attached hydrogen (secondary N) is 2. The Morgan fingerprint density at radius 2 is 2.62 bits per heavy atom. The van der Waals surface area contributed by atoms with Gasteiger partial charge in [0.2, 0.25) is 0 Å². The Labute approximate surface area is 79.1 Å². The van der Waals surface area contributed by atoms with Crippen LogP contribution in [0.3, 0.4) is 0 Å². The molecule has 2 rings (SSSR count). The molecule has 2 heterocycles. The molecule has 1 aliphatic rings. The topological polar surface area (TPSA) is 63.2 Å². The van der Waals surface area contributed by atoms with Crippen molar-refractivity contribution in [3.05, 3.63) is 16.6 Å². The van der Waals surface area contributed by atoms with Gasteiger partial charge in [-0.3, -0.25) is 9.63 Å². The Morgan fingerprint density at radius 3 is 3.15 bits per heavy atom. The second-order valence-electron chi connectivity index (χ2n) is 2.70. The van der Waals surface area contributed by atoms with Gasteiger partial charge in [-0.1, -0.05) is 0 Å². The third-order valence-corrected chi connectivity index (χ3v) is 2.31. The second-order valence-corrected chi connectivity index (χ2v) is 3.42. The van der Waals surface area contributed by atoms with Gasteiger partial charge in [0.05, 0.1) is 5.51 Å². The van der Waals surface area contributed by atoms with Crippen molar-refractivity contribution >= 4 is 17.2 Å². The third kappa shape index (κ3) is 2.03. The zero-order valence-electron chi connectivity index (χ0n) is 6.82. The molecule has 0 atom stereocenters. The monoisotopic (exact) mass is 199 g/mol. The normalized spacial score (nSPS) is 16.6. The largest absolute Gasteiger partial charge is 0.311 e. The molecule has 2 N–H and O–H groups in total. The van der Waals surface area contributed by atoms with E-state index in [2.05, 4.69) is 15.8 Å². The van der Waals surface area contributed by atoms with E-state index in [-0.39, 0.29) is 12.0 Å². The Kier molecular flexibility index (Phi) is 2.53. The maximum Gasteiger partial charge on any atom is 0.294 e. The van der Waals surface area contributed by atoms with Crippen molar-refractivity contribution in [2.75, 3.05) is 13.1 Å². The van der Waals surface area contributed by atoms with Gasteiger partial charge >= 0.3 is 0 Å². The lowest BCUT2D eigenvalue weighted by Gasteiger charge is -2.26. The molecule has 70 valence electrons. The number of hydrogen-bond donors (Lipinski definition) is 2. The summed E-state index contributed by atoms with van der Waals surface area (Å²) >= 11 is 1.38. The summed E-state index contributed by atoms with van der Waals surface area (Å²) in [6.45, 7) is 1.58. The number of nitrogens with zero attached hydrogens (tertiary/aromatic N) is 1. The van der Waals surface area contributed by atoms with Crippen LogP contribution in [-0.2, 0) is 4.84 Å². The van der Waals surface area contributed by atoms with Crippen molar-refractivity contribution < 1.29 is 9.63 Å². The van der Waals surface area contributed by atoms with Crippen molar-refractivity contribution in [2.45, 2.75) is 6.10 Å². The quantitative estimate of drug-likeness (QED) is 0.660. The summed E-state index contributed by atoms with van der Waals surface area (Å²) in [5.74, 6) is -0.284. The van der Waals surface area contributed by atoms with Gasteiger partial charge < -0.3 is 5.32 Å². The summed E-state index contributed by atoms with van der Waals surface area (Å²) in [7, 11) is 0. The van der Waals surface area contributed by atoms with Crippen LogP contribution in [0.25, 0.3) is 0 Å². The second kappa shape index (κ2) is 3.82. The van der Waals surface area contributed by atoms with Crippen LogP contribution >= 0.6 is 11.3 Å². The molecular formula is C7H9N3O2S. The summed E-state index contributed by atoms with van der Waals surface area (Å²) < 4.78 is 0. The summed E-state index contributed by atoms with van der Waals surface area (Å²) in [4.78, 5) is 20.2. The zero-order chi connectivity index (χ0) is 9.10. The SMILES string of the molecule is O=C(NOC1CNC1)c1cscn1. The minimum Gasteiger partial charge on any atom is -0.311 e. The first kappa shape index (κ1) is 8.61. The van der Waals surface area contributed by atoms with E-state index in [1.807, 2.05) is 0 Å². The van der Waals surface area contributed by atoms with Gasteiger partial charge in [0, 0.05) is 18.5 Å². The highest BCUT2D eigenvalue weighted by atomic mass is 32.1. The van der Waals surface area contributed by atoms with Gasteiger partial charge in [-0.05, 0) is 0 Å². The Morgan fingerprint density at radius 1 is 1.77 bits per heavy atom. The molecule has 6 heteroatoms. The van der Waals surface area contributed by atoms with E-state index in [4.69, 9.17) is 4.84 Å². The lowest BCUT2D eigenvalue weighted by atomic mass is 10.2. The van der Waals surface area contributed by atoms with Crippen molar-refractivity contribution in [1.29, 1.82) is 0 Å². The molecule has 0 saturated carbocycles. The highest BCUT2D eigenvalue weighted by molar-refractivity contribution is 7.07. The molecule has 1 aromatic heterocycles. The molecule has 1 aromatic rings. The number of aromatic nitrogens is 1. The van der Waals surface area contributed by atoms with Gasteiger partial charge in [0.25, 0.3) is 5.91 Å². The number of hydroxylamine groups is 1. The molecule has 0 aliphatic carbocycles. The van der Waals surface area contributed by atoms with E-state index in [0.717, 1.165) is 13.1 Å². The molecular weight excluding hydrogens is 190 g/mol. The van der Waals surface area contributed by atoms with Crippen molar-refractivity contribution in [3.63, 3.8) is 0 Å². The Balaban J connectivity index is 1.78. The molecule has 1 amide bonds. The molecule has 0 aromatic carbocycles. The van der Waals surface area contributed by atoms with E-state index >= 15 is 0 Å². The van der Waals surface area contributed by atoms with Gasteiger partial charge in [-0.25, -0.2) is 10.5 Å². The van der Waals surface area contributed by atoms with Gasteiger partial charge in [-0.15, -0.1) is 11.3 Å². The predicted molar refractivity (Wildman–Crippen MR) is 47.3 cm³/mol. The van der Waals surface area contributed by atoms with E-state index in [0.29, 0.717) is 5.69 Å². The lowest BCUT2D eigenvalue weighted by Crippen LogP contribution is -2.51. The van der Waals surface area contributed by atoms with E-state index in [1.165, 1.54) is 11.3 Å². The zero-order valence-corrected chi connectivity index (χ0v) is 7.63. The summed E-state index contributed by atoms with van der Waals surface area (Å²) in [5.41, 5.74) is 4.36. The molecule has 0 bridgehead atoms. The summed E-state index contributed by atoms with van der Waals surface area (Å²) in [6, 6.07) is 0. The Hall–Kier alpha value is -0.980. The van der Waals surface area contributed by atoms with E-state index < -0.39 is 0 Å². The van der Waals surface area contributed by atoms with Crippen molar-refractivity contribution in [3.8, 4) is 0 Å². The number of hydrogen-bond acceptors (Lipinski definition) is 5.